The van der Waals surface area contributed by atoms with Crippen LogP contribution in [0.5, 0.6) is 0 Å². The third-order valence-electron chi connectivity index (χ3n) is 5.41. The van der Waals surface area contributed by atoms with Crippen LogP contribution in [-0.2, 0) is 12.8 Å². The first-order valence-corrected chi connectivity index (χ1v) is 11.3. The van der Waals surface area contributed by atoms with E-state index in [-0.39, 0.29) is 0 Å². The summed E-state index contributed by atoms with van der Waals surface area (Å²) in [6.07, 6.45) is 16.5. The summed E-state index contributed by atoms with van der Waals surface area (Å²) in [5, 5.41) is 0. The Morgan fingerprint density at radius 2 is 1.36 bits per heavy atom. The van der Waals surface area contributed by atoms with Gasteiger partial charge in [-0.15, -0.1) is 0 Å². The van der Waals surface area contributed by atoms with Gasteiger partial charge in [0, 0.05) is 18.0 Å². The average Bonchev–Trinajstić information content (AvgIpc) is 2.74. The van der Waals surface area contributed by atoms with E-state index in [4.69, 9.17) is 0 Å². The van der Waals surface area contributed by atoms with Crippen molar-refractivity contribution in [3.8, 4) is 11.4 Å². The van der Waals surface area contributed by atoms with E-state index in [1.165, 1.54) is 49.7 Å². The Labute approximate surface area is 171 Å². The maximum atomic E-state index is 13.2. The second-order valence-corrected chi connectivity index (χ2v) is 7.88. The second-order valence-electron chi connectivity index (χ2n) is 7.88. The summed E-state index contributed by atoms with van der Waals surface area (Å²) in [4.78, 5) is 9.11. The molecule has 0 saturated carbocycles. The van der Waals surface area contributed by atoms with Gasteiger partial charge in [-0.25, -0.2) is 14.4 Å². The van der Waals surface area contributed by atoms with Gasteiger partial charge in [0.15, 0.2) is 5.82 Å². The van der Waals surface area contributed by atoms with E-state index < -0.39 is 6.17 Å². The number of rotatable bonds is 14. The number of halogens is 1. The Balaban J connectivity index is 1.71. The highest BCUT2D eigenvalue weighted by molar-refractivity contribution is 5.55. The topological polar surface area (TPSA) is 25.8 Å². The molecule has 1 unspecified atom stereocenters. The normalized spacial score (nSPS) is 12.2. The first-order chi connectivity index (χ1) is 13.7. The molecule has 2 nitrogen and oxygen atoms in total. The van der Waals surface area contributed by atoms with Gasteiger partial charge in [-0.1, -0.05) is 76.6 Å². The van der Waals surface area contributed by atoms with E-state index in [1.54, 1.807) is 0 Å². The minimum Gasteiger partial charge on any atom is -0.248 e. The molecule has 0 radical (unpaired) electrons. The summed E-state index contributed by atoms with van der Waals surface area (Å²) < 4.78 is 13.2. The fourth-order valence-electron chi connectivity index (χ4n) is 3.46. The number of unbranched alkanes of at least 4 members (excludes halogenated alkanes) is 6. The molecule has 1 heterocycles. The minimum atomic E-state index is -0.607. The molecule has 0 N–H and O–H groups in total. The van der Waals surface area contributed by atoms with Crippen LogP contribution >= 0.6 is 0 Å². The fraction of sp³-hybridized carbons (Fsp3) is 0.600. The molecule has 0 aliphatic carbocycles. The van der Waals surface area contributed by atoms with Crippen LogP contribution in [0.1, 0.15) is 89.2 Å². The molecular formula is C25H37FN2. The van der Waals surface area contributed by atoms with Crippen LogP contribution in [0.25, 0.3) is 11.4 Å². The second kappa shape index (κ2) is 13.4. The molecule has 0 fully saturated rings. The van der Waals surface area contributed by atoms with E-state index in [1.807, 2.05) is 19.3 Å². The Bertz CT molecular complexity index is 637. The zero-order valence-electron chi connectivity index (χ0n) is 17.8. The van der Waals surface area contributed by atoms with Gasteiger partial charge in [-0.2, -0.15) is 0 Å². The first-order valence-electron chi connectivity index (χ1n) is 11.3. The van der Waals surface area contributed by atoms with Crippen LogP contribution in [0.4, 0.5) is 4.39 Å². The third-order valence-corrected chi connectivity index (χ3v) is 5.41. The molecule has 3 heteroatoms. The van der Waals surface area contributed by atoms with Crippen molar-refractivity contribution in [2.75, 3.05) is 0 Å². The van der Waals surface area contributed by atoms with Crippen molar-refractivity contribution in [1.29, 1.82) is 0 Å². The van der Waals surface area contributed by atoms with E-state index in [2.05, 4.69) is 41.2 Å². The molecule has 0 aliphatic rings. The van der Waals surface area contributed by atoms with Crippen LogP contribution in [0.2, 0.25) is 0 Å². The van der Waals surface area contributed by atoms with Crippen molar-refractivity contribution >= 4 is 0 Å². The monoisotopic (exact) mass is 384 g/mol. The van der Waals surface area contributed by atoms with Gasteiger partial charge in [0.1, 0.15) is 0 Å². The average molecular weight is 385 g/mol. The molecule has 0 bridgehead atoms. The van der Waals surface area contributed by atoms with Gasteiger partial charge < -0.3 is 0 Å². The van der Waals surface area contributed by atoms with Crippen molar-refractivity contribution in [2.45, 2.75) is 97.1 Å². The molecule has 1 aromatic heterocycles. The fourth-order valence-corrected chi connectivity index (χ4v) is 3.46. The van der Waals surface area contributed by atoms with E-state index >= 15 is 0 Å². The number of hydrogen-bond acceptors (Lipinski definition) is 2. The molecule has 0 spiro atoms. The van der Waals surface area contributed by atoms with Crippen molar-refractivity contribution in [3.05, 3.63) is 47.8 Å². The molecule has 2 rings (SSSR count). The number of alkyl halides is 1. The SMILES string of the molecule is CCCCCCc1cnc(-c2ccc(CCCCCCC(F)CC)cc2)nc1. The maximum absolute atomic E-state index is 13.2. The first kappa shape index (κ1) is 22.5. The van der Waals surface area contributed by atoms with E-state index in [0.29, 0.717) is 6.42 Å². The zero-order chi connectivity index (χ0) is 20.0. The summed E-state index contributed by atoms with van der Waals surface area (Å²) in [6, 6.07) is 8.62. The van der Waals surface area contributed by atoms with Gasteiger partial charge in [-0.3, -0.25) is 0 Å². The molecule has 28 heavy (non-hydrogen) atoms. The number of aryl methyl sites for hydroxylation is 2. The molecule has 0 saturated heterocycles. The van der Waals surface area contributed by atoms with Crippen molar-refractivity contribution in [1.82, 2.24) is 9.97 Å². The minimum absolute atomic E-state index is 0.607. The standard InChI is InChI=1S/C25H37FN2/c1-3-5-6-9-13-22-19-27-25(28-20-22)23-17-15-21(16-18-23)12-10-7-8-11-14-24(26)4-2/h15-20,24H,3-14H2,1-2H3. The Morgan fingerprint density at radius 1 is 0.750 bits per heavy atom. The van der Waals surface area contributed by atoms with E-state index in [0.717, 1.165) is 43.5 Å². The number of aromatic nitrogens is 2. The highest BCUT2D eigenvalue weighted by Gasteiger charge is 2.04. The van der Waals surface area contributed by atoms with Gasteiger partial charge in [0.2, 0.25) is 0 Å². The van der Waals surface area contributed by atoms with Crippen LogP contribution in [0, 0.1) is 0 Å². The number of benzene rings is 1. The van der Waals surface area contributed by atoms with Gasteiger partial charge in [-0.05, 0) is 49.7 Å². The van der Waals surface area contributed by atoms with Crippen LogP contribution < -0.4 is 0 Å². The lowest BCUT2D eigenvalue weighted by Crippen LogP contribution is -1.96. The molecule has 0 aliphatic heterocycles. The van der Waals surface area contributed by atoms with Gasteiger partial charge >= 0.3 is 0 Å². The molecule has 154 valence electrons. The molecule has 1 aromatic carbocycles. The summed E-state index contributed by atoms with van der Waals surface area (Å²) in [6.45, 7) is 4.15. The van der Waals surface area contributed by atoms with Gasteiger partial charge in [0.05, 0.1) is 6.17 Å². The summed E-state index contributed by atoms with van der Waals surface area (Å²) >= 11 is 0. The van der Waals surface area contributed by atoms with Crippen LogP contribution in [0.15, 0.2) is 36.7 Å². The lowest BCUT2D eigenvalue weighted by molar-refractivity contribution is 0.296. The Kier molecular flexibility index (Phi) is 10.8. The smallest absolute Gasteiger partial charge is 0.159 e. The zero-order valence-corrected chi connectivity index (χ0v) is 17.8. The quantitative estimate of drug-likeness (QED) is 0.315. The predicted octanol–water partition coefficient (Wildman–Crippen LogP) is 7.51. The maximum Gasteiger partial charge on any atom is 0.159 e. The van der Waals surface area contributed by atoms with Crippen molar-refractivity contribution < 1.29 is 4.39 Å². The summed E-state index contributed by atoms with van der Waals surface area (Å²) in [5.74, 6) is 0.806. The van der Waals surface area contributed by atoms with Crippen LogP contribution in [-0.4, -0.2) is 16.1 Å². The van der Waals surface area contributed by atoms with E-state index in [9.17, 15) is 4.39 Å². The Hall–Kier alpha value is -1.77. The molecular weight excluding hydrogens is 347 g/mol. The molecule has 1 atom stereocenters. The van der Waals surface area contributed by atoms with Crippen molar-refractivity contribution in [2.24, 2.45) is 0 Å². The highest BCUT2D eigenvalue weighted by Crippen LogP contribution is 2.18. The predicted molar refractivity (Wildman–Crippen MR) is 117 cm³/mol. The lowest BCUT2D eigenvalue weighted by Gasteiger charge is -2.06. The summed E-state index contributed by atoms with van der Waals surface area (Å²) in [7, 11) is 0. The Morgan fingerprint density at radius 3 is 2.00 bits per heavy atom. The number of hydrogen-bond donors (Lipinski definition) is 0. The lowest BCUT2D eigenvalue weighted by atomic mass is 10.0. The number of nitrogens with zero attached hydrogens (tertiary/aromatic N) is 2. The highest BCUT2D eigenvalue weighted by atomic mass is 19.1. The molecule has 2 aromatic rings. The van der Waals surface area contributed by atoms with Crippen LogP contribution in [0.3, 0.4) is 0 Å². The third kappa shape index (κ3) is 8.50. The largest absolute Gasteiger partial charge is 0.248 e. The summed E-state index contributed by atoms with van der Waals surface area (Å²) in [5.41, 5.74) is 3.66. The molecule has 0 amide bonds. The van der Waals surface area contributed by atoms with Crippen molar-refractivity contribution in [3.63, 3.8) is 0 Å². The van der Waals surface area contributed by atoms with Gasteiger partial charge in [0.25, 0.3) is 0 Å².